The third-order valence-corrected chi connectivity index (χ3v) is 5.91. The number of nitrogens with zero attached hydrogens (tertiary/aromatic N) is 3. The van der Waals surface area contributed by atoms with Gasteiger partial charge in [0.2, 0.25) is 5.95 Å². The molecule has 28 heavy (non-hydrogen) atoms. The first-order chi connectivity index (χ1) is 13.4. The summed E-state index contributed by atoms with van der Waals surface area (Å²) in [4.78, 5) is 8.78. The van der Waals surface area contributed by atoms with Crippen molar-refractivity contribution in [3.05, 3.63) is 47.4 Å². The van der Waals surface area contributed by atoms with E-state index in [1.165, 1.54) is 18.6 Å². The van der Waals surface area contributed by atoms with E-state index in [1.807, 2.05) is 0 Å². The van der Waals surface area contributed by atoms with E-state index in [4.69, 9.17) is 0 Å². The molecule has 2 atom stereocenters. The van der Waals surface area contributed by atoms with E-state index in [-0.39, 0.29) is 11.2 Å². The Bertz CT molecular complexity index is 841. The molecule has 3 rings (SSSR count). The molecule has 1 aromatic carbocycles. The molecule has 1 aliphatic carbocycles. The van der Waals surface area contributed by atoms with Gasteiger partial charge in [-0.2, -0.15) is 10.2 Å². The Balaban J connectivity index is 1.63. The Kier molecular flexibility index (Phi) is 6.13. The normalized spacial score (nSPS) is 21.0. The molecule has 1 fully saturated rings. The fraction of sp³-hybridized carbons (Fsp3) is 0.500. The molecule has 0 aliphatic heterocycles. The average Bonchev–Trinajstić information content (AvgIpc) is 2.66. The van der Waals surface area contributed by atoms with Crippen LogP contribution in [0.15, 0.2) is 30.5 Å². The molecule has 0 radical (unpaired) electrons. The topological polar surface area (TPSA) is 73.6 Å². The quantitative estimate of drug-likeness (QED) is 0.754. The van der Waals surface area contributed by atoms with Crippen molar-refractivity contribution in [2.75, 3.05) is 17.2 Å². The fourth-order valence-electron chi connectivity index (χ4n) is 3.73. The largest absolute Gasteiger partial charge is 0.366 e. The van der Waals surface area contributed by atoms with Crippen LogP contribution in [-0.4, -0.2) is 22.6 Å². The van der Waals surface area contributed by atoms with Crippen LogP contribution in [0.2, 0.25) is 0 Å². The van der Waals surface area contributed by atoms with Crippen LogP contribution in [0.5, 0.6) is 0 Å². The maximum absolute atomic E-state index is 13.0. The molecule has 1 aromatic heterocycles. The van der Waals surface area contributed by atoms with Crippen molar-refractivity contribution in [1.29, 1.82) is 5.26 Å². The average molecular weight is 381 g/mol. The van der Waals surface area contributed by atoms with Gasteiger partial charge in [-0.3, -0.25) is 0 Å². The van der Waals surface area contributed by atoms with Crippen LogP contribution in [-0.2, 0) is 6.42 Å². The molecule has 1 aliphatic rings. The summed E-state index contributed by atoms with van der Waals surface area (Å²) in [6.07, 6.45) is 5.59. The second-order valence-corrected chi connectivity index (χ2v) is 8.38. The van der Waals surface area contributed by atoms with Gasteiger partial charge in [0.05, 0.1) is 6.20 Å². The maximum Gasteiger partial charge on any atom is 0.224 e. The van der Waals surface area contributed by atoms with E-state index in [0.29, 0.717) is 35.8 Å². The number of benzene rings is 1. The van der Waals surface area contributed by atoms with Gasteiger partial charge in [-0.05, 0) is 54.7 Å². The highest BCUT2D eigenvalue weighted by atomic mass is 19.1. The Labute approximate surface area is 166 Å². The molecule has 5 nitrogen and oxygen atoms in total. The number of rotatable bonds is 6. The van der Waals surface area contributed by atoms with E-state index in [0.717, 1.165) is 24.8 Å². The first kappa shape index (κ1) is 20.1. The molecular weight excluding hydrogens is 353 g/mol. The van der Waals surface area contributed by atoms with Crippen LogP contribution < -0.4 is 10.6 Å². The standard InChI is InChI=1S/C22H28FN5/c1-15-4-9-19(12-22(15,2)3)27-20-17(13-24)14-26-21(28-20)25-11-10-16-5-7-18(23)8-6-16/h5-8,14-15,19H,4,9-12H2,1-3H3,(H2,25,26,27,28)/t15-,19+/m0/s1. The molecule has 0 unspecified atom stereocenters. The molecule has 0 spiro atoms. The van der Waals surface area contributed by atoms with Crippen molar-refractivity contribution in [2.24, 2.45) is 11.3 Å². The van der Waals surface area contributed by atoms with E-state index >= 15 is 0 Å². The van der Waals surface area contributed by atoms with E-state index in [9.17, 15) is 9.65 Å². The first-order valence-corrected chi connectivity index (χ1v) is 9.89. The van der Waals surface area contributed by atoms with Gasteiger partial charge >= 0.3 is 0 Å². The van der Waals surface area contributed by atoms with Gasteiger partial charge in [0.1, 0.15) is 23.3 Å². The fourth-order valence-corrected chi connectivity index (χ4v) is 3.73. The lowest BCUT2D eigenvalue weighted by molar-refractivity contribution is 0.143. The van der Waals surface area contributed by atoms with E-state index < -0.39 is 0 Å². The van der Waals surface area contributed by atoms with Gasteiger partial charge < -0.3 is 10.6 Å². The van der Waals surface area contributed by atoms with Crippen molar-refractivity contribution in [1.82, 2.24) is 9.97 Å². The van der Waals surface area contributed by atoms with Crippen LogP contribution >= 0.6 is 0 Å². The van der Waals surface area contributed by atoms with Crippen molar-refractivity contribution in [2.45, 2.75) is 52.5 Å². The van der Waals surface area contributed by atoms with Crippen molar-refractivity contribution in [3.63, 3.8) is 0 Å². The second-order valence-electron chi connectivity index (χ2n) is 8.38. The number of halogens is 1. The van der Waals surface area contributed by atoms with Gasteiger partial charge in [0.25, 0.3) is 0 Å². The van der Waals surface area contributed by atoms with Crippen molar-refractivity contribution < 1.29 is 4.39 Å². The molecule has 0 amide bonds. The summed E-state index contributed by atoms with van der Waals surface area (Å²) < 4.78 is 13.0. The Morgan fingerprint density at radius 2 is 2.00 bits per heavy atom. The predicted molar refractivity (Wildman–Crippen MR) is 110 cm³/mol. The summed E-state index contributed by atoms with van der Waals surface area (Å²) in [6.45, 7) is 7.55. The summed E-state index contributed by atoms with van der Waals surface area (Å²) in [5, 5.41) is 16.1. The lowest BCUT2D eigenvalue weighted by Gasteiger charge is -2.41. The van der Waals surface area contributed by atoms with E-state index in [2.05, 4.69) is 47.4 Å². The smallest absolute Gasteiger partial charge is 0.224 e. The first-order valence-electron chi connectivity index (χ1n) is 9.89. The molecule has 6 heteroatoms. The van der Waals surface area contributed by atoms with Crippen molar-refractivity contribution >= 4 is 11.8 Å². The summed E-state index contributed by atoms with van der Waals surface area (Å²) in [7, 11) is 0. The zero-order valence-electron chi connectivity index (χ0n) is 16.8. The minimum Gasteiger partial charge on any atom is -0.366 e. The Hall–Kier alpha value is -2.68. The van der Waals surface area contributed by atoms with Gasteiger partial charge in [0, 0.05) is 12.6 Å². The molecule has 1 heterocycles. The van der Waals surface area contributed by atoms with E-state index in [1.54, 1.807) is 18.3 Å². The minimum absolute atomic E-state index is 0.233. The summed E-state index contributed by atoms with van der Waals surface area (Å²) >= 11 is 0. The van der Waals surface area contributed by atoms with Crippen LogP contribution in [0, 0.1) is 28.5 Å². The minimum atomic E-state index is -0.233. The molecule has 2 aromatic rings. The number of nitriles is 1. The van der Waals surface area contributed by atoms with Gasteiger partial charge in [-0.15, -0.1) is 0 Å². The third-order valence-electron chi connectivity index (χ3n) is 5.91. The highest BCUT2D eigenvalue weighted by molar-refractivity contribution is 5.54. The molecule has 0 bridgehead atoms. The maximum atomic E-state index is 13.0. The number of hydrogen-bond donors (Lipinski definition) is 2. The summed E-state index contributed by atoms with van der Waals surface area (Å²) in [6, 6.07) is 8.95. The van der Waals surface area contributed by atoms with Crippen LogP contribution in [0.3, 0.4) is 0 Å². The van der Waals surface area contributed by atoms with Gasteiger partial charge in [0.15, 0.2) is 0 Å². The van der Waals surface area contributed by atoms with Gasteiger partial charge in [-0.25, -0.2) is 9.37 Å². The summed E-state index contributed by atoms with van der Waals surface area (Å²) in [5.74, 6) is 1.54. The number of nitrogens with one attached hydrogen (secondary N) is 2. The predicted octanol–water partition coefficient (Wildman–Crippen LogP) is 4.77. The summed E-state index contributed by atoms with van der Waals surface area (Å²) in [5.41, 5.74) is 1.77. The van der Waals surface area contributed by atoms with Crippen molar-refractivity contribution in [3.8, 4) is 6.07 Å². The third kappa shape index (κ3) is 4.98. The zero-order valence-corrected chi connectivity index (χ0v) is 16.8. The lowest BCUT2D eigenvalue weighted by Crippen LogP contribution is -2.37. The number of anilines is 2. The van der Waals surface area contributed by atoms with Gasteiger partial charge in [-0.1, -0.05) is 32.9 Å². The Morgan fingerprint density at radius 3 is 2.68 bits per heavy atom. The molecule has 1 saturated carbocycles. The molecule has 0 saturated heterocycles. The SMILES string of the molecule is C[C@H]1CC[C@@H](Nc2nc(NCCc3ccc(F)cc3)ncc2C#N)CC1(C)C. The lowest BCUT2D eigenvalue weighted by atomic mass is 9.68. The monoisotopic (exact) mass is 381 g/mol. The zero-order chi connectivity index (χ0) is 20.1. The molecule has 148 valence electrons. The number of aromatic nitrogens is 2. The second kappa shape index (κ2) is 8.55. The molecule has 2 N–H and O–H groups in total. The van der Waals surface area contributed by atoms with Crippen LogP contribution in [0.1, 0.15) is 51.2 Å². The number of hydrogen-bond acceptors (Lipinski definition) is 5. The molecular formula is C22H28FN5. The van der Waals surface area contributed by atoms with Crippen LogP contribution in [0.25, 0.3) is 0 Å². The highest BCUT2D eigenvalue weighted by Gasteiger charge is 2.34. The Morgan fingerprint density at radius 1 is 1.25 bits per heavy atom. The van der Waals surface area contributed by atoms with Crippen LogP contribution in [0.4, 0.5) is 16.2 Å². The highest BCUT2D eigenvalue weighted by Crippen LogP contribution is 2.41.